The number of hydrogen-bond acceptors (Lipinski definition) is 4. The number of carboxylic acid groups (broad SMARTS) is 2. The Morgan fingerprint density at radius 2 is 2.06 bits per heavy atom. The number of nitrogens with zero attached hydrogens (tertiary/aromatic N) is 1. The lowest BCUT2D eigenvalue weighted by molar-refractivity contribution is -0.145. The molecule has 18 heavy (non-hydrogen) atoms. The molecule has 98 valence electrons. The van der Waals surface area contributed by atoms with Crippen molar-refractivity contribution in [2.75, 3.05) is 0 Å². The fourth-order valence-corrected chi connectivity index (χ4v) is 1.44. The molecule has 1 atom stereocenters. The number of aliphatic carboxylic acids is 1. The average Bonchev–Trinajstić information content (AvgIpc) is 2.30. The summed E-state index contributed by atoms with van der Waals surface area (Å²) in [7, 11) is 0. The van der Waals surface area contributed by atoms with Crippen LogP contribution in [0.1, 0.15) is 35.9 Å². The van der Waals surface area contributed by atoms with E-state index in [1.807, 2.05) is 6.92 Å². The van der Waals surface area contributed by atoms with Crippen LogP contribution in [0, 0.1) is 6.92 Å². The number of aromatic nitrogens is 1. The highest BCUT2D eigenvalue weighted by Gasteiger charge is 2.22. The van der Waals surface area contributed by atoms with Crippen LogP contribution in [0.25, 0.3) is 0 Å². The Balaban J connectivity index is 3.01. The molecule has 0 aromatic carbocycles. The minimum atomic E-state index is -1.24. The summed E-state index contributed by atoms with van der Waals surface area (Å²) in [4.78, 5) is 25.8. The Labute approximate surface area is 104 Å². The average molecular weight is 253 g/mol. The molecule has 6 heteroatoms. The predicted octanol–water partition coefficient (Wildman–Crippen LogP) is 1.72. The fourth-order valence-electron chi connectivity index (χ4n) is 1.44. The number of rotatable bonds is 6. The van der Waals surface area contributed by atoms with Gasteiger partial charge in [-0.1, -0.05) is 13.3 Å². The number of ether oxygens (including phenoxy) is 1. The van der Waals surface area contributed by atoms with E-state index in [-0.39, 0.29) is 11.4 Å². The molecule has 6 nitrogen and oxygen atoms in total. The van der Waals surface area contributed by atoms with Gasteiger partial charge in [-0.25, -0.2) is 14.6 Å². The molecule has 1 aromatic heterocycles. The van der Waals surface area contributed by atoms with Gasteiger partial charge in [-0.15, -0.1) is 0 Å². The van der Waals surface area contributed by atoms with E-state index in [4.69, 9.17) is 14.9 Å². The first-order chi connectivity index (χ1) is 8.45. The van der Waals surface area contributed by atoms with Gasteiger partial charge in [0.1, 0.15) is 0 Å². The van der Waals surface area contributed by atoms with Gasteiger partial charge in [0, 0.05) is 5.69 Å². The third kappa shape index (κ3) is 3.44. The molecule has 0 fully saturated rings. The largest absolute Gasteiger partial charge is 0.479 e. The maximum absolute atomic E-state index is 11.0. The van der Waals surface area contributed by atoms with E-state index in [9.17, 15) is 9.59 Å². The second-order valence-corrected chi connectivity index (χ2v) is 3.84. The third-order valence-electron chi connectivity index (χ3n) is 2.30. The number of carboxylic acids is 2. The smallest absolute Gasteiger partial charge is 0.358 e. The standard InChI is InChI=1S/C12H15NO5/c1-3-4-9(11(14)15)18-8-6-5-7(2)13-10(8)12(16)17/h5-6,9H,3-4H2,1-2H3,(H,14,15)(H,16,17). The lowest BCUT2D eigenvalue weighted by Crippen LogP contribution is -2.27. The highest BCUT2D eigenvalue weighted by atomic mass is 16.5. The SMILES string of the molecule is CCCC(Oc1ccc(C)nc1C(=O)O)C(=O)O. The quantitative estimate of drug-likeness (QED) is 0.801. The lowest BCUT2D eigenvalue weighted by atomic mass is 10.2. The minimum absolute atomic E-state index is 0.0195. The normalized spacial score (nSPS) is 11.9. The highest BCUT2D eigenvalue weighted by Crippen LogP contribution is 2.20. The summed E-state index contributed by atoms with van der Waals surface area (Å²) in [6.45, 7) is 3.47. The van der Waals surface area contributed by atoms with Gasteiger partial charge >= 0.3 is 11.9 Å². The Hall–Kier alpha value is -2.11. The van der Waals surface area contributed by atoms with Crippen LogP contribution in [0.15, 0.2) is 12.1 Å². The van der Waals surface area contributed by atoms with Crippen LogP contribution in [-0.4, -0.2) is 33.2 Å². The zero-order chi connectivity index (χ0) is 13.7. The molecule has 0 spiro atoms. The summed E-state index contributed by atoms with van der Waals surface area (Å²) in [6.07, 6.45) is -0.126. The molecular weight excluding hydrogens is 238 g/mol. The van der Waals surface area contributed by atoms with Crippen LogP contribution in [0.5, 0.6) is 5.75 Å². The first-order valence-corrected chi connectivity index (χ1v) is 5.56. The summed E-state index contributed by atoms with van der Waals surface area (Å²) in [6, 6.07) is 3.00. The second-order valence-electron chi connectivity index (χ2n) is 3.84. The van der Waals surface area contributed by atoms with Crippen LogP contribution in [-0.2, 0) is 4.79 Å². The highest BCUT2D eigenvalue weighted by molar-refractivity contribution is 5.88. The van der Waals surface area contributed by atoms with Crippen molar-refractivity contribution in [3.05, 3.63) is 23.5 Å². The maximum atomic E-state index is 11.0. The molecule has 1 rings (SSSR count). The molecule has 1 heterocycles. The van der Waals surface area contributed by atoms with Gasteiger partial charge in [-0.2, -0.15) is 0 Å². The first kappa shape index (κ1) is 14.0. The van der Waals surface area contributed by atoms with Crippen LogP contribution in [0.3, 0.4) is 0 Å². The molecule has 0 aliphatic carbocycles. The monoisotopic (exact) mass is 253 g/mol. The van der Waals surface area contributed by atoms with Crippen molar-refractivity contribution in [2.24, 2.45) is 0 Å². The van der Waals surface area contributed by atoms with Gasteiger partial charge in [0.2, 0.25) is 0 Å². The molecule has 0 saturated carbocycles. The lowest BCUT2D eigenvalue weighted by Gasteiger charge is -2.15. The molecule has 1 aromatic rings. The van der Waals surface area contributed by atoms with Crippen molar-refractivity contribution in [3.8, 4) is 5.75 Å². The van der Waals surface area contributed by atoms with E-state index < -0.39 is 18.0 Å². The van der Waals surface area contributed by atoms with Gasteiger partial charge in [0.15, 0.2) is 17.5 Å². The van der Waals surface area contributed by atoms with Crippen molar-refractivity contribution in [1.29, 1.82) is 0 Å². The second kappa shape index (κ2) is 6.00. The summed E-state index contributed by atoms with van der Waals surface area (Å²) in [5.74, 6) is -2.38. The molecule has 0 aliphatic rings. The van der Waals surface area contributed by atoms with Gasteiger partial charge < -0.3 is 14.9 Å². The van der Waals surface area contributed by atoms with E-state index in [1.165, 1.54) is 6.07 Å². The molecule has 0 saturated heterocycles. The van der Waals surface area contributed by atoms with E-state index in [0.29, 0.717) is 18.5 Å². The Morgan fingerprint density at radius 1 is 1.39 bits per heavy atom. The van der Waals surface area contributed by atoms with Crippen LogP contribution in [0.4, 0.5) is 0 Å². The summed E-state index contributed by atoms with van der Waals surface area (Å²) in [5.41, 5.74) is 0.263. The Bertz CT molecular complexity index is 458. The first-order valence-electron chi connectivity index (χ1n) is 5.56. The summed E-state index contributed by atoms with van der Waals surface area (Å²) < 4.78 is 5.22. The van der Waals surface area contributed by atoms with E-state index in [1.54, 1.807) is 13.0 Å². The van der Waals surface area contributed by atoms with Gasteiger partial charge in [-0.05, 0) is 25.5 Å². The number of aromatic carboxylic acids is 1. The fraction of sp³-hybridized carbons (Fsp3) is 0.417. The maximum Gasteiger partial charge on any atom is 0.358 e. The van der Waals surface area contributed by atoms with Gasteiger partial charge in [0.25, 0.3) is 0 Å². The Morgan fingerprint density at radius 3 is 2.56 bits per heavy atom. The number of carbonyl (C=O) groups is 2. The summed E-state index contributed by atoms with van der Waals surface area (Å²) in [5, 5.41) is 17.9. The van der Waals surface area contributed by atoms with Crippen LogP contribution < -0.4 is 4.74 Å². The molecule has 0 amide bonds. The van der Waals surface area contributed by atoms with E-state index >= 15 is 0 Å². The van der Waals surface area contributed by atoms with Crippen molar-refractivity contribution in [3.63, 3.8) is 0 Å². The summed E-state index contributed by atoms with van der Waals surface area (Å²) >= 11 is 0. The number of aryl methyl sites for hydroxylation is 1. The van der Waals surface area contributed by atoms with Crippen LogP contribution in [0.2, 0.25) is 0 Å². The molecule has 0 bridgehead atoms. The van der Waals surface area contributed by atoms with Crippen LogP contribution >= 0.6 is 0 Å². The minimum Gasteiger partial charge on any atom is -0.479 e. The molecule has 1 unspecified atom stereocenters. The third-order valence-corrected chi connectivity index (χ3v) is 2.30. The van der Waals surface area contributed by atoms with E-state index in [2.05, 4.69) is 4.98 Å². The topological polar surface area (TPSA) is 96.7 Å². The number of pyridine rings is 1. The predicted molar refractivity (Wildman–Crippen MR) is 62.9 cm³/mol. The molecule has 0 radical (unpaired) electrons. The molecular formula is C12H15NO5. The molecule has 0 aliphatic heterocycles. The van der Waals surface area contributed by atoms with Crippen molar-refractivity contribution >= 4 is 11.9 Å². The Kier molecular flexibility index (Phi) is 4.65. The van der Waals surface area contributed by atoms with Crippen molar-refractivity contribution in [2.45, 2.75) is 32.8 Å². The van der Waals surface area contributed by atoms with Crippen molar-refractivity contribution in [1.82, 2.24) is 4.98 Å². The molecule has 2 N–H and O–H groups in total. The number of hydrogen-bond donors (Lipinski definition) is 2. The van der Waals surface area contributed by atoms with Gasteiger partial charge in [0.05, 0.1) is 0 Å². The van der Waals surface area contributed by atoms with E-state index in [0.717, 1.165) is 0 Å². The zero-order valence-corrected chi connectivity index (χ0v) is 10.2. The zero-order valence-electron chi connectivity index (χ0n) is 10.2. The van der Waals surface area contributed by atoms with Crippen molar-refractivity contribution < 1.29 is 24.5 Å². The van der Waals surface area contributed by atoms with Gasteiger partial charge in [-0.3, -0.25) is 0 Å².